The summed E-state index contributed by atoms with van der Waals surface area (Å²) in [5, 5.41) is 12.7. The first kappa shape index (κ1) is 13.1. The molecule has 1 aromatic heterocycles. The number of nitrogens with zero attached hydrogens (tertiary/aromatic N) is 4. The largest absolute Gasteiger partial charge is 0.339 e. The second-order valence-electron chi connectivity index (χ2n) is 4.15. The first-order chi connectivity index (χ1) is 9.26. The maximum Gasteiger partial charge on any atom is 0.266 e. The van der Waals surface area contributed by atoms with Gasteiger partial charge in [0.25, 0.3) is 5.95 Å². The second kappa shape index (κ2) is 6.01. The molecule has 0 atom stereocenters. The van der Waals surface area contributed by atoms with Crippen LogP contribution in [-0.4, -0.2) is 23.2 Å². The van der Waals surface area contributed by atoms with E-state index in [0.717, 1.165) is 18.7 Å². The van der Waals surface area contributed by atoms with Gasteiger partial charge in [0.1, 0.15) is 0 Å². The summed E-state index contributed by atoms with van der Waals surface area (Å²) in [5.74, 6) is 1.22. The van der Waals surface area contributed by atoms with Crippen molar-refractivity contribution in [1.29, 1.82) is 5.26 Å². The van der Waals surface area contributed by atoms with E-state index in [9.17, 15) is 0 Å². The Morgan fingerprint density at radius 3 is 2.47 bits per heavy atom. The van der Waals surface area contributed by atoms with Gasteiger partial charge in [-0.05, 0) is 36.7 Å². The van der Waals surface area contributed by atoms with Crippen LogP contribution in [0.3, 0.4) is 0 Å². The zero-order valence-corrected chi connectivity index (χ0v) is 11.1. The lowest BCUT2D eigenvalue weighted by Crippen LogP contribution is -2.22. The minimum Gasteiger partial charge on any atom is -0.339 e. The minimum absolute atomic E-state index is 0.583. The van der Waals surface area contributed by atoms with Crippen LogP contribution >= 0.6 is 0 Å². The normalized spacial score (nSPS) is 10.2. The molecule has 0 unspecified atom stereocenters. The summed E-state index contributed by atoms with van der Waals surface area (Å²) in [4.78, 5) is 6.41. The number of nitriles is 1. The number of hydrogen-bond donors (Lipinski definition) is 0. The summed E-state index contributed by atoms with van der Waals surface area (Å²) in [6.45, 7) is 5.82. The average molecular weight is 256 g/mol. The Balaban J connectivity index is 2.09. The molecule has 19 heavy (non-hydrogen) atoms. The SMILES string of the molecule is CCN(CC)c1noc(Cc2ccc(C#N)cc2)n1. The molecule has 1 heterocycles. The van der Waals surface area contributed by atoms with E-state index in [1.165, 1.54) is 0 Å². The van der Waals surface area contributed by atoms with Gasteiger partial charge < -0.3 is 9.42 Å². The molecule has 2 aromatic rings. The van der Waals surface area contributed by atoms with Gasteiger partial charge in [0.05, 0.1) is 18.1 Å². The predicted octanol–water partition coefficient (Wildman–Crippen LogP) is 2.38. The average Bonchev–Trinajstić information content (AvgIpc) is 2.89. The molecule has 2 rings (SSSR count). The van der Waals surface area contributed by atoms with Gasteiger partial charge in [0, 0.05) is 13.1 Å². The molecule has 5 heteroatoms. The lowest BCUT2D eigenvalue weighted by Gasteiger charge is -2.14. The highest BCUT2D eigenvalue weighted by Crippen LogP contribution is 2.13. The van der Waals surface area contributed by atoms with E-state index >= 15 is 0 Å². The highest BCUT2D eigenvalue weighted by atomic mass is 16.5. The van der Waals surface area contributed by atoms with Gasteiger partial charge in [-0.2, -0.15) is 10.2 Å². The van der Waals surface area contributed by atoms with Crippen LogP contribution in [0.1, 0.15) is 30.9 Å². The Morgan fingerprint density at radius 1 is 1.21 bits per heavy atom. The number of aromatic nitrogens is 2. The number of hydrogen-bond acceptors (Lipinski definition) is 5. The van der Waals surface area contributed by atoms with Gasteiger partial charge in [-0.3, -0.25) is 0 Å². The van der Waals surface area contributed by atoms with Crippen molar-refractivity contribution in [3.8, 4) is 6.07 Å². The van der Waals surface area contributed by atoms with Crippen LogP contribution < -0.4 is 4.90 Å². The molecular formula is C14H16N4O. The number of anilines is 1. The molecule has 0 aliphatic carbocycles. The standard InChI is InChI=1S/C14H16N4O/c1-3-18(4-2)14-16-13(19-17-14)9-11-5-7-12(10-15)8-6-11/h5-8H,3-4,9H2,1-2H3. The topological polar surface area (TPSA) is 66.0 Å². The van der Waals surface area contributed by atoms with Crippen molar-refractivity contribution in [2.45, 2.75) is 20.3 Å². The zero-order chi connectivity index (χ0) is 13.7. The lowest BCUT2D eigenvalue weighted by atomic mass is 10.1. The Bertz CT molecular complexity index is 564. The van der Waals surface area contributed by atoms with Gasteiger partial charge in [-0.1, -0.05) is 12.1 Å². The van der Waals surface area contributed by atoms with Crippen molar-refractivity contribution in [3.63, 3.8) is 0 Å². The molecule has 0 spiro atoms. The summed E-state index contributed by atoms with van der Waals surface area (Å²) in [7, 11) is 0. The quantitative estimate of drug-likeness (QED) is 0.821. The summed E-state index contributed by atoms with van der Waals surface area (Å²) in [6, 6.07) is 9.48. The second-order valence-corrected chi connectivity index (χ2v) is 4.15. The van der Waals surface area contributed by atoms with Crippen molar-refractivity contribution in [2.24, 2.45) is 0 Å². The Labute approximate surface area is 112 Å². The van der Waals surface area contributed by atoms with Crippen molar-refractivity contribution in [2.75, 3.05) is 18.0 Å². The lowest BCUT2D eigenvalue weighted by molar-refractivity contribution is 0.384. The maximum atomic E-state index is 8.74. The molecule has 0 saturated heterocycles. The van der Waals surface area contributed by atoms with Crippen molar-refractivity contribution >= 4 is 5.95 Å². The van der Waals surface area contributed by atoms with E-state index < -0.39 is 0 Å². The van der Waals surface area contributed by atoms with E-state index in [0.29, 0.717) is 23.8 Å². The first-order valence-electron chi connectivity index (χ1n) is 6.33. The molecule has 0 aliphatic heterocycles. The van der Waals surface area contributed by atoms with Crippen LogP contribution in [0.25, 0.3) is 0 Å². The van der Waals surface area contributed by atoms with E-state index in [1.54, 1.807) is 12.1 Å². The van der Waals surface area contributed by atoms with Gasteiger partial charge in [-0.15, -0.1) is 0 Å². The van der Waals surface area contributed by atoms with Crippen molar-refractivity contribution in [1.82, 2.24) is 10.1 Å². The molecular weight excluding hydrogens is 240 g/mol. The summed E-state index contributed by atoms with van der Waals surface area (Å²) in [5.41, 5.74) is 1.70. The third-order valence-electron chi connectivity index (χ3n) is 2.94. The molecule has 0 bridgehead atoms. The smallest absolute Gasteiger partial charge is 0.266 e. The molecule has 5 nitrogen and oxygen atoms in total. The molecule has 98 valence electrons. The first-order valence-corrected chi connectivity index (χ1v) is 6.33. The molecule has 0 fully saturated rings. The maximum absolute atomic E-state index is 8.74. The third kappa shape index (κ3) is 3.10. The van der Waals surface area contributed by atoms with Crippen LogP contribution in [0, 0.1) is 11.3 Å². The van der Waals surface area contributed by atoms with E-state index in [1.807, 2.05) is 17.0 Å². The molecule has 0 amide bonds. The number of benzene rings is 1. The summed E-state index contributed by atoms with van der Waals surface area (Å²) in [6.07, 6.45) is 0.583. The summed E-state index contributed by atoms with van der Waals surface area (Å²) >= 11 is 0. The fraction of sp³-hybridized carbons (Fsp3) is 0.357. The van der Waals surface area contributed by atoms with E-state index in [4.69, 9.17) is 9.78 Å². The van der Waals surface area contributed by atoms with Crippen LogP contribution in [0.5, 0.6) is 0 Å². The van der Waals surface area contributed by atoms with E-state index in [-0.39, 0.29) is 0 Å². The van der Waals surface area contributed by atoms with Crippen LogP contribution in [0.2, 0.25) is 0 Å². The van der Waals surface area contributed by atoms with Gasteiger partial charge in [0.2, 0.25) is 5.89 Å². The van der Waals surface area contributed by atoms with E-state index in [2.05, 4.69) is 30.1 Å². The highest BCUT2D eigenvalue weighted by Gasteiger charge is 2.11. The van der Waals surface area contributed by atoms with Crippen LogP contribution in [0.4, 0.5) is 5.95 Å². The Morgan fingerprint density at radius 2 is 1.89 bits per heavy atom. The fourth-order valence-corrected chi connectivity index (χ4v) is 1.82. The fourth-order valence-electron chi connectivity index (χ4n) is 1.82. The van der Waals surface area contributed by atoms with Gasteiger partial charge >= 0.3 is 0 Å². The Kier molecular flexibility index (Phi) is 4.14. The molecule has 0 aliphatic rings. The van der Waals surface area contributed by atoms with Crippen molar-refractivity contribution < 1.29 is 4.52 Å². The molecule has 0 N–H and O–H groups in total. The Hall–Kier alpha value is -2.35. The zero-order valence-electron chi connectivity index (χ0n) is 11.1. The number of rotatable bonds is 5. The van der Waals surface area contributed by atoms with Gasteiger partial charge in [-0.25, -0.2) is 0 Å². The molecule has 0 radical (unpaired) electrons. The third-order valence-corrected chi connectivity index (χ3v) is 2.94. The van der Waals surface area contributed by atoms with Crippen molar-refractivity contribution in [3.05, 3.63) is 41.3 Å². The minimum atomic E-state index is 0.583. The van der Waals surface area contributed by atoms with Crippen LogP contribution in [-0.2, 0) is 6.42 Å². The highest BCUT2D eigenvalue weighted by molar-refractivity contribution is 5.33. The molecule has 1 aromatic carbocycles. The van der Waals surface area contributed by atoms with Gasteiger partial charge in [0.15, 0.2) is 0 Å². The monoisotopic (exact) mass is 256 g/mol. The summed E-state index contributed by atoms with van der Waals surface area (Å²) < 4.78 is 5.24. The van der Waals surface area contributed by atoms with Crippen LogP contribution in [0.15, 0.2) is 28.8 Å². The molecule has 0 saturated carbocycles. The predicted molar refractivity (Wildman–Crippen MR) is 71.8 cm³/mol.